The highest BCUT2D eigenvalue weighted by molar-refractivity contribution is 5.85. The first-order valence-electron chi connectivity index (χ1n) is 7.81. The second-order valence-corrected chi connectivity index (χ2v) is 5.94. The number of benzene rings is 1. The summed E-state index contributed by atoms with van der Waals surface area (Å²) in [5, 5.41) is 4.76. The van der Waals surface area contributed by atoms with Gasteiger partial charge in [0.1, 0.15) is 0 Å². The fourth-order valence-electron chi connectivity index (χ4n) is 3.33. The van der Waals surface area contributed by atoms with E-state index in [1.807, 2.05) is 6.20 Å². The summed E-state index contributed by atoms with van der Waals surface area (Å²) >= 11 is 0. The Balaban J connectivity index is 0.00000121. The van der Waals surface area contributed by atoms with Crippen molar-refractivity contribution in [2.24, 2.45) is 5.92 Å². The zero-order valence-corrected chi connectivity index (χ0v) is 15.0. The maximum Gasteiger partial charge on any atom is 0.0457 e. The molecule has 3 nitrogen and oxygen atoms in total. The molecule has 124 valence electrons. The van der Waals surface area contributed by atoms with Crippen LogP contribution >= 0.6 is 24.8 Å². The van der Waals surface area contributed by atoms with Gasteiger partial charge in [-0.15, -0.1) is 24.8 Å². The van der Waals surface area contributed by atoms with Gasteiger partial charge in [-0.2, -0.15) is 0 Å². The number of fused-ring (bicyclic) bond motifs is 1. The fourth-order valence-corrected chi connectivity index (χ4v) is 3.33. The van der Waals surface area contributed by atoms with E-state index >= 15 is 0 Å². The number of hydrogen-bond donors (Lipinski definition) is 2. The van der Waals surface area contributed by atoms with Gasteiger partial charge in [0.2, 0.25) is 0 Å². The van der Waals surface area contributed by atoms with Crippen molar-refractivity contribution in [2.45, 2.75) is 26.3 Å². The lowest BCUT2D eigenvalue weighted by molar-refractivity contribution is 0.128. The smallest absolute Gasteiger partial charge is 0.0457 e. The Morgan fingerprint density at radius 3 is 2.55 bits per heavy atom. The zero-order valence-electron chi connectivity index (χ0n) is 13.3. The summed E-state index contributed by atoms with van der Waals surface area (Å²) in [7, 11) is 0. The Bertz CT molecular complexity index is 564. The highest BCUT2D eigenvalue weighted by atomic mass is 35.5. The summed E-state index contributed by atoms with van der Waals surface area (Å²) in [5.74, 6) is 0.681. The van der Waals surface area contributed by atoms with Gasteiger partial charge in [0.05, 0.1) is 0 Å². The minimum atomic E-state index is 0. The van der Waals surface area contributed by atoms with Gasteiger partial charge >= 0.3 is 0 Å². The average Bonchev–Trinajstić information content (AvgIpc) is 2.96. The van der Waals surface area contributed by atoms with Crippen LogP contribution in [0.3, 0.4) is 0 Å². The number of piperazine rings is 1. The predicted octanol–water partition coefficient (Wildman–Crippen LogP) is 4.00. The van der Waals surface area contributed by atoms with Crippen molar-refractivity contribution >= 4 is 35.7 Å². The van der Waals surface area contributed by atoms with Gasteiger partial charge in [-0.25, -0.2) is 0 Å². The molecule has 1 aromatic heterocycles. The molecule has 1 unspecified atom stereocenters. The monoisotopic (exact) mass is 343 g/mol. The molecular formula is C17H27Cl2N3. The number of aromatic amines is 1. The average molecular weight is 344 g/mol. The molecule has 2 heterocycles. The third kappa shape index (κ3) is 3.96. The number of nitrogens with one attached hydrogen (secondary N) is 2. The van der Waals surface area contributed by atoms with Crippen LogP contribution in [0.2, 0.25) is 0 Å². The molecule has 1 aliphatic rings. The number of nitrogens with zero attached hydrogens (tertiary/aromatic N) is 1. The third-order valence-electron chi connectivity index (χ3n) is 4.65. The largest absolute Gasteiger partial charge is 0.361 e. The zero-order chi connectivity index (χ0) is 13.9. The van der Waals surface area contributed by atoms with E-state index in [0.29, 0.717) is 12.0 Å². The predicted molar refractivity (Wildman–Crippen MR) is 99.4 cm³/mol. The molecule has 0 saturated carbocycles. The van der Waals surface area contributed by atoms with E-state index in [9.17, 15) is 0 Å². The Kier molecular flexibility index (Phi) is 7.70. The molecule has 2 aromatic rings. The summed E-state index contributed by atoms with van der Waals surface area (Å²) in [6, 6.07) is 9.58. The summed E-state index contributed by atoms with van der Waals surface area (Å²) in [6.07, 6.45) is 3.24. The van der Waals surface area contributed by atoms with Gasteiger partial charge in [0, 0.05) is 43.9 Å². The van der Waals surface area contributed by atoms with Crippen molar-refractivity contribution < 1.29 is 0 Å². The maximum atomic E-state index is 3.46. The van der Waals surface area contributed by atoms with Crippen LogP contribution in [0.1, 0.15) is 31.9 Å². The molecule has 1 aliphatic heterocycles. The first-order valence-corrected chi connectivity index (χ1v) is 7.81. The van der Waals surface area contributed by atoms with Crippen molar-refractivity contribution in [3.05, 3.63) is 36.0 Å². The van der Waals surface area contributed by atoms with Gasteiger partial charge in [0.15, 0.2) is 0 Å². The second-order valence-electron chi connectivity index (χ2n) is 5.94. The van der Waals surface area contributed by atoms with E-state index in [-0.39, 0.29) is 24.8 Å². The Morgan fingerprint density at radius 1 is 1.14 bits per heavy atom. The maximum absolute atomic E-state index is 3.46. The molecule has 0 radical (unpaired) electrons. The highest BCUT2D eigenvalue weighted by Gasteiger charge is 2.26. The number of halogens is 2. The van der Waals surface area contributed by atoms with Crippen molar-refractivity contribution in [3.63, 3.8) is 0 Å². The summed E-state index contributed by atoms with van der Waals surface area (Å²) in [5.41, 5.74) is 2.71. The van der Waals surface area contributed by atoms with Crippen molar-refractivity contribution in [1.82, 2.24) is 15.2 Å². The molecule has 2 atom stereocenters. The van der Waals surface area contributed by atoms with Crippen molar-refractivity contribution in [3.8, 4) is 0 Å². The summed E-state index contributed by atoms with van der Waals surface area (Å²) < 4.78 is 0. The highest BCUT2D eigenvalue weighted by Crippen LogP contribution is 2.32. The molecule has 1 saturated heterocycles. The molecule has 0 bridgehead atoms. The van der Waals surface area contributed by atoms with E-state index in [2.05, 4.69) is 53.3 Å². The van der Waals surface area contributed by atoms with E-state index in [1.54, 1.807) is 0 Å². The molecular weight excluding hydrogens is 317 g/mol. The minimum Gasteiger partial charge on any atom is -0.361 e. The van der Waals surface area contributed by atoms with Crippen LogP contribution < -0.4 is 5.32 Å². The lowest BCUT2D eigenvalue weighted by Crippen LogP contribution is -2.46. The SMILES string of the molecule is CCC(C)[C@H](c1ccc2cc[nH]c2c1)N1CCNCC1.Cl.Cl. The molecule has 5 heteroatoms. The van der Waals surface area contributed by atoms with Gasteiger partial charge in [-0.3, -0.25) is 4.90 Å². The van der Waals surface area contributed by atoms with Crippen molar-refractivity contribution in [2.75, 3.05) is 26.2 Å². The lowest BCUT2D eigenvalue weighted by atomic mass is 9.90. The normalized spacial score (nSPS) is 18.3. The Morgan fingerprint density at radius 2 is 1.86 bits per heavy atom. The third-order valence-corrected chi connectivity index (χ3v) is 4.65. The fraction of sp³-hybridized carbons (Fsp3) is 0.529. The van der Waals surface area contributed by atoms with Gasteiger partial charge in [-0.1, -0.05) is 32.4 Å². The Hall–Kier alpha value is -0.740. The first-order chi connectivity index (χ1) is 9.79. The molecule has 1 aromatic carbocycles. The number of H-pyrrole nitrogens is 1. The van der Waals surface area contributed by atoms with Crippen LogP contribution in [-0.2, 0) is 0 Å². The Labute approximate surface area is 145 Å². The lowest BCUT2D eigenvalue weighted by Gasteiger charge is -2.38. The second kappa shape index (κ2) is 8.78. The number of aromatic nitrogens is 1. The van der Waals surface area contributed by atoms with E-state index < -0.39 is 0 Å². The molecule has 1 fully saturated rings. The topological polar surface area (TPSA) is 31.1 Å². The standard InChI is InChI=1S/C17H25N3.2ClH/c1-3-13(2)17(20-10-8-18-9-11-20)15-5-4-14-6-7-19-16(14)12-15;;/h4-7,12-13,17-19H,3,8-11H2,1-2H3;2*1H/t13?,17-;;/m1../s1. The number of rotatable bonds is 4. The summed E-state index contributed by atoms with van der Waals surface area (Å²) in [4.78, 5) is 5.99. The van der Waals surface area contributed by atoms with Crippen LogP contribution in [0.4, 0.5) is 0 Å². The van der Waals surface area contributed by atoms with Crippen LogP contribution in [0.15, 0.2) is 30.5 Å². The first kappa shape index (κ1) is 19.3. The molecule has 3 rings (SSSR count). The summed E-state index contributed by atoms with van der Waals surface area (Å²) in [6.45, 7) is 9.20. The van der Waals surface area contributed by atoms with E-state index in [4.69, 9.17) is 0 Å². The molecule has 0 aliphatic carbocycles. The molecule has 0 amide bonds. The van der Waals surface area contributed by atoms with E-state index in [0.717, 1.165) is 26.2 Å². The van der Waals surface area contributed by atoms with Crippen LogP contribution in [0.25, 0.3) is 10.9 Å². The van der Waals surface area contributed by atoms with Crippen LogP contribution in [-0.4, -0.2) is 36.1 Å². The van der Waals surface area contributed by atoms with E-state index in [1.165, 1.54) is 22.9 Å². The number of hydrogen-bond acceptors (Lipinski definition) is 2. The van der Waals surface area contributed by atoms with Crippen LogP contribution in [0.5, 0.6) is 0 Å². The van der Waals surface area contributed by atoms with Gasteiger partial charge < -0.3 is 10.3 Å². The molecule has 22 heavy (non-hydrogen) atoms. The van der Waals surface area contributed by atoms with Gasteiger partial charge in [0.25, 0.3) is 0 Å². The minimum absolute atomic E-state index is 0. The molecule has 0 spiro atoms. The molecule has 2 N–H and O–H groups in total. The van der Waals surface area contributed by atoms with Gasteiger partial charge in [-0.05, 0) is 29.0 Å². The quantitative estimate of drug-likeness (QED) is 0.878. The van der Waals surface area contributed by atoms with Crippen LogP contribution in [0, 0.1) is 5.92 Å². The van der Waals surface area contributed by atoms with Crippen molar-refractivity contribution in [1.29, 1.82) is 0 Å².